The Hall–Kier alpha value is -1.61. The number of nitrogen functional groups attached to an aromatic ring is 1. The molecular weight excluding hydrogens is 254 g/mol. The van der Waals surface area contributed by atoms with Gasteiger partial charge in [-0.3, -0.25) is 0 Å². The average Bonchev–Trinajstić information content (AvgIpc) is 2.35. The van der Waals surface area contributed by atoms with Crippen molar-refractivity contribution < 1.29 is 4.74 Å². The summed E-state index contributed by atoms with van der Waals surface area (Å²) in [5.41, 5.74) is 9.19. The first-order valence-corrected chi connectivity index (χ1v) is 7.32. The van der Waals surface area contributed by atoms with E-state index in [0.717, 1.165) is 22.1 Å². The van der Waals surface area contributed by atoms with Crippen molar-refractivity contribution >= 4 is 17.4 Å². The lowest BCUT2D eigenvalue weighted by Crippen LogP contribution is -2.01. The molecule has 0 saturated carbocycles. The molecular formula is C16H19NOS. The Morgan fingerprint density at radius 1 is 1.05 bits per heavy atom. The number of rotatable bonds is 5. The van der Waals surface area contributed by atoms with Crippen molar-refractivity contribution in [3.63, 3.8) is 0 Å². The zero-order valence-electron chi connectivity index (χ0n) is 11.3. The van der Waals surface area contributed by atoms with Crippen molar-refractivity contribution in [3.05, 3.63) is 53.6 Å². The highest BCUT2D eigenvalue weighted by Gasteiger charge is 2.00. The van der Waals surface area contributed by atoms with E-state index in [2.05, 4.69) is 32.0 Å². The maximum atomic E-state index is 5.89. The standard InChI is InChI=1S/C16H19NOS/c1-12-9-13(2)11-14(10-12)18-7-8-19-16-6-4-3-5-15(16)17/h3-6,9-11H,7-8,17H2,1-2H3. The van der Waals surface area contributed by atoms with Crippen LogP contribution >= 0.6 is 11.8 Å². The van der Waals surface area contributed by atoms with Crippen LogP contribution in [-0.2, 0) is 0 Å². The summed E-state index contributed by atoms with van der Waals surface area (Å²) >= 11 is 1.72. The van der Waals surface area contributed by atoms with E-state index >= 15 is 0 Å². The number of thioether (sulfide) groups is 1. The molecule has 0 aliphatic carbocycles. The first-order chi connectivity index (χ1) is 9.15. The van der Waals surface area contributed by atoms with E-state index < -0.39 is 0 Å². The zero-order chi connectivity index (χ0) is 13.7. The summed E-state index contributed by atoms with van der Waals surface area (Å²) in [4.78, 5) is 1.12. The summed E-state index contributed by atoms with van der Waals surface area (Å²) < 4.78 is 5.77. The number of ether oxygens (including phenoxy) is 1. The molecule has 0 aliphatic rings. The predicted octanol–water partition coefficient (Wildman–Crippen LogP) is 4.06. The largest absolute Gasteiger partial charge is 0.493 e. The van der Waals surface area contributed by atoms with Gasteiger partial charge in [0.05, 0.1) is 6.61 Å². The molecule has 19 heavy (non-hydrogen) atoms. The Morgan fingerprint density at radius 2 is 1.74 bits per heavy atom. The number of para-hydroxylation sites is 1. The van der Waals surface area contributed by atoms with Gasteiger partial charge in [-0.15, -0.1) is 11.8 Å². The van der Waals surface area contributed by atoms with E-state index in [-0.39, 0.29) is 0 Å². The molecule has 2 aromatic rings. The minimum Gasteiger partial charge on any atom is -0.493 e. The lowest BCUT2D eigenvalue weighted by Gasteiger charge is -2.09. The van der Waals surface area contributed by atoms with Gasteiger partial charge in [-0.2, -0.15) is 0 Å². The molecule has 100 valence electrons. The van der Waals surface area contributed by atoms with E-state index in [9.17, 15) is 0 Å². The van der Waals surface area contributed by atoms with Crippen LogP contribution in [0.15, 0.2) is 47.4 Å². The second-order valence-corrected chi connectivity index (χ2v) is 5.69. The number of anilines is 1. The molecule has 0 fully saturated rings. The lowest BCUT2D eigenvalue weighted by molar-refractivity contribution is 0.343. The highest BCUT2D eigenvalue weighted by Crippen LogP contribution is 2.24. The third-order valence-electron chi connectivity index (χ3n) is 2.72. The third-order valence-corrected chi connectivity index (χ3v) is 3.78. The molecule has 2 rings (SSSR count). The van der Waals surface area contributed by atoms with E-state index in [4.69, 9.17) is 10.5 Å². The number of hydrogen-bond donors (Lipinski definition) is 1. The predicted molar refractivity (Wildman–Crippen MR) is 83.0 cm³/mol. The Labute approximate surface area is 119 Å². The van der Waals surface area contributed by atoms with E-state index in [1.807, 2.05) is 24.3 Å². The van der Waals surface area contributed by atoms with Crippen molar-refractivity contribution in [2.45, 2.75) is 18.7 Å². The van der Waals surface area contributed by atoms with Gasteiger partial charge in [0, 0.05) is 16.3 Å². The van der Waals surface area contributed by atoms with Crippen LogP contribution in [0.25, 0.3) is 0 Å². The molecule has 3 heteroatoms. The smallest absolute Gasteiger partial charge is 0.119 e. The van der Waals surface area contributed by atoms with Gasteiger partial charge in [0.1, 0.15) is 5.75 Å². The molecule has 0 amide bonds. The average molecular weight is 273 g/mol. The Bertz CT molecular complexity index is 534. The number of benzene rings is 2. The first-order valence-electron chi connectivity index (χ1n) is 6.33. The van der Waals surface area contributed by atoms with Crippen molar-refractivity contribution in [2.75, 3.05) is 18.1 Å². The third kappa shape index (κ3) is 4.21. The van der Waals surface area contributed by atoms with Crippen molar-refractivity contribution in [3.8, 4) is 5.75 Å². The molecule has 0 unspecified atom stereocenters. The maximum Gasteiger partial charge on any atom is 0.119 e. The second-order valence-electron chi connectivity index (χ2n) is 4.56. The molecule has 2 N–H and O–H groups in total. The van der Waals surface area contributed by atoms with Gasteiger partial charge in [0.2, 0.25) is 0 Å². The fourth-order valence-electron chi connectivity index (χ4n) is 1.94. The molecule has 2 nitrogen and oxygen atoms in total. The molecule has 0 aromatic heterocycles. The van der Waals surface area contributed by atoms with Crippen molar-refractivity contribution in [1.29, 1.82) is 0 Å². The van der Waals surface area contributed by atoms with Crippen LogP contribution in [0, 0.1) is 13.8 Å². The van der Waals surface area contributed by atoms with Crippen LogP contribution in [0.1, 0.15) is 11.1 Å². The Balaban J connectivity index is 1.82. The summed E-state index contributed by atoms with van der Waals surface area (Å²) in [7, 11) is 0. The second kappa shape index (κ2) is 6.53. The molecule has 0 bridgehead atoms. The summed E-state index contributed by atoms with van der Waals surface area (Å²) in [6, 6.07) is 14.2. The Kier molecular flexibility index (Phi) is 4.74. The highest BCUT2D eigenvalue weighted by atomic mass is 32.2. The van der Waals surface area contributed by atoms with Gasteiger partial charge in [-0.05, 0) is 49.2 Å². The minimum absolute atomic E-state index is 0.682. The fraction of sp³-hybridized carbons (Fsp3) is 0.250. The van der Waals surface area contributed by atoms with E-state index in [1.165, 1.54) is 11.1 Å². The van der Waals surface area contributed by atoms with Crippen LogP contribution in [0.2, 0.25) is 0 Å². The van der Waals surface area contributed by atoms with Crippen molar-refractivity contribution in [1.82, 2.24) is 0 Å². The summed E-state index contributed by atoms with van der Waals surface area (Å²) in [5.74, 6) is 1.83. The molecule has 0 aliphatic heterocycles. The molecule has 0 spiro atoms. The number of hydrogen-bond acceptors (Lipinski definition) is 3. The lowest BCUT2D eigenvalue weighted by atomic mass is 10.1. The normalized spacial score (nSPS) is 10.4. The molecule has 0 saturated heterocycles. The SMILES string of the molecule is Cc1cc(C)cc(OCCSc2ccccc2N)c1. The van der Waals surface area contributed by atoms with Crippen LogP contribution in [0.3, 0.4) is 0 Å². The molecule has 0 radical (unpaired) electrons. The van der Waals surface area contributed by atoms with E-state index in [1.54, 1.807) is 11.8 Å². The number of aryl methyl sites for hydroxylation is 2. The summed E-state index contributed by atoms with van der Waals surface area (Å²) in [6.45, 7) is 4.85. The van der Waals surface area contributed by atoms with Gasteiger partial charge in [0.15, 0.2) is 0 Å². The highest BCUT2D eigenvalue weighted by molar-refractivity contribution is 7.99. The van der Waals surface area contributed by atoms with Crippen molar-refractivity contribution in [2.24, 2.45) is 0 Å². The zero-order valence-corrected chi connectivity index (χ0v) is 12.2. The number of nitrogens with two attached hydrogens (primary N) is 1. The Morgan fingerprint density at radius 3 is 2.42 bits per heavy atom. The van der Waals surface area contributed by atoms with Gasteiger partial charge in [-0.1, -0.05) is 18.2 Å². The van der Waals surface area contributed by atoms with Gasteiger partial charge in [-0.25, -0.2) is 0 Å². The van der Waals surface area contributed by atoms with E-state index in [0.29, 0.717) is 6.61 Å². The summed E-state index contributed by atoms with van der Waals surface area (Å²) in [5, 5.41) is 0. The maximum absolute atomic E-state index is 5.89. The van der Waals surface area contributed by atoms with Gasteiger partial charge >= 0.3 is 0 Å². The van der Waals surface area contributed by atoms with Crippen LogP contribution in [0.5, 0.6) is 5.75 Å². The fourth-order valence-corrected chi connectivity index (χ4v) is 2.74. The van der Waals surface area contributed by atoms with Gasteiger partial charge < -0.3 is 10.5 Å². The molecule has 0 atom stereocenters. The monoisotopic (exact) mass is 273 g/mol. The van der Waals surface area contributed by atoms with Crippen LogP contribution in [0.4, 0.5) is 5.69 Å². The van der Waals surface area contributed by atoms with Crippen LogP contribution in [-0.4, -0.2) is 12.4 Å². The quantitative estimate of drug-likeness (QED) is 0.507. The molecule has 0 heterocycles. The molecule has 2 aromatic carbocycles. The van der Waals surface area contributed by atoms with Gasteiger partial charge in [0.25, 0.3) is 0 Å². The minimum atomic E-state index is 0.682. The first kappa shape index (κ1) is 13.8. The topological polar surface area (TPSA) is 35.2 Å². The van der Waals surface area contributed by atoms with Crippen LogP contribution < -0.4 is 10.5 Å². The summed E-state index contributed by atoms with van der Waals surface area (Å²) in [6.07, 6.45) is 0.